The molecule has 1 fully saturated rings. The minimum atomic E-state index is -4.65. The number of thioether (sulfide) groups is 2. The lowest BCUT2D eigenvalue weighted by atomic mass is 9.96. The second kappa shape index (κ2) is 50.0. The third kappa shape index (κ3) is 30.0. The van der Waals surface area contributed by atoms with Crippen LogP contribution in [0.15, 0.2) is 71.8 Å². The van der Waals surface area contributed by atoms with E-state index in [0.29, 0.717) is 99.0 Å². The molecule has 9 unspecified atom stereocenters. The van der Waals surface area contributed by atoms with Gasteiger partial charge in [0.2, 0.25) is 57.3 Å². The van der Waals surface area contributed by atoms with E-state index >= 15 is 0 Å². The lowest BCUT2D eigenvalue weighted by Crippen LogP contribution is -2.50. The number of carbonyl (C=O) groups excluding carboxylic acids is 14. The molecule has 9 N–H and O–H groups in total. The van der Waals surface area contributed by atoms with Crippen LogP contribution in [0.2, 0.25) is 0 Å². The number of Topliss-reactive ketones (excluding diaryl/α,β-unsaturated/α-hetero) is 3. The van der Waals surface area contributed by atoms with E-state index in [2.05, 4.69) is 41.9 Å². The summed E-state index contributed by atoms with van der Waals surface area (Å²) in [5.41, 5.74) is 3.10. The van der Waals surface area contributed by atoms with Crippen LogP contribution >= 0.6 is 23.5 Å². The molecule has 7 aliphatic heterocycles. The number of ketones is 3. The second-order valence-corrected chi connectivity index (χ2v) is 36.6. The van der Waals surface area contributed by atoms with Gasteiger partial charge in [-0.15, -0.1) is 23.5 Å². The standard InChI is InChI=1S/C87H120N12O25S3/c1-53-37-60-49-97-67-43-71(55(3)40-63(67)84(111)96(60)47-53)122-29-15-10-16-30-123-73-44-68-64(42-72(73)119-8)85(112)98-48-54(2)38-69(98)86(113)99(68)87(114)124-50-58-20-22-59(23-21-58)93-81(108)66(19-12-9-11-17-61(100)24-31-120-35-33-117-6)95-80(107)56(4)39-62(101)45-91-83(110)78-77(125-52-126-78)82(109)90-28-27-89-79(106)57(5)41-70(102)65(94-75(104)46-92-127(115,116)51-76(97)105)18-13-14-26-88-74(103)25-32-121-36-34-118-7/h20-23,37-38,40,42-44,56-57,60,65-66,69,77-78,86,92,113H,9-19,24-36,39,41,45-52H2,1-8H3,(H,88,103)(H,89,106)(H,90,109)(H,91,110)(H,93,108)(H,94,104)(H,95,107). The van der Waals surface area contributed by atoms with Crippen molar-refractivity contribution in [3.63, 3.8) is 0 Å². The van der Waals surface area contributed by atoms with Gasteiger partial charge in [0, 0.05) is 114 Å². The highest BCUT2D eigenvalue weighted by atomic mass is 32.2. The zero-order valence-electron chi connectivity index (χ0n) is 73.3. The van der Waals surface area contributed by atoms with Crippen molar-refractivity contribution in [2.75, 3.05) is 152 Å². The lowest BCUT2D eigenvalue weighted by Gasteiger charge is -2.31. The molecule has 0 aliphatic carbocycles. The van der Waals surface area contributed by atoms with Gasteiger partial charge in [0.05, 0.1) is 120 Å². The summed E-state index contributed by atoms with van der Waals surface area (Å²) in [7, 11) is -0.193. The summed E-state index contributed by atoms with van der Waals surface area (Å²) in [6.45, 7) is 8.88. The fourth-order valence-electron chi connectivity index (χ4n) is 15.1. The van der Waals surface area contributed by atoms with Crippen molar-refractivity contribution in [1.29, 1.82) is 0 Å². The van der Waals surface area contributed by atoms with Crippen LogP contribution in [0.5, 0.6) is 17.2 Å². The minimum absolute atomic E-state index is 0.000566. The van der Waals surface area contributed by atoms with Crippen LogP contribution in [-0.2, 0) is 93.1 Å². The molecule has 11 amide bonds. The van der Waals surface area contributed by atoms with Crippen molar-refractivity contribution in [2.45, 2.75) is 178 Å². The van der Waals surface area contributed by atoms with Crippen molar-refractivity contribution in [3.05, 3.63) is 94.1 Å². The van der Waals surface area contributed by atoms with E-state index in [4.69, 9.17) is 37.9 Å². The Kier molecular flexibility index (Phi) is 39.7. The summed E-state index contributed by atoms with van der Waals surface area (Å²) in [5, 5.41) is 29.7. The Bertz CT molecular complexity index is 4610. The van der Waals surface area contributed by atoms with Gasteiger partial charge >= 0.3 is 6.09 Å². The predicted octanol–water partition coefficient (Wildman–Crippen LogP) is 4.46. The molecule has 0 radical (unpaired) electrons. The van der Waals surface area contributed by atoms with Gasteiger partial charge in [-0.05, 0) is 108 Å². The maximum absolute atomic E-state index is 14.6. The highest BCUT2D eigenvalue weighted by molar-refractivity contribution is 8.20. The van der Waals surface area contributed by atoms with Crippen LogP contribution in [0.25, 0.3) is 0 Å². The largest absolute Gasteiger partial charge is 0.493 e. The number of rotatable bonds is 24. The number of hydrogen-bond donors (Lipinski definition) is 9. The zero-order chi connectivity index (χ0) is 91.9. The molecule has 9 atom stereocenters. The summed E-state index contributed by atoms with van der Waals surface area (Å²) in [6.07, 6.45) is 4.28. The van der Waals surface area contributed by atoms with Gasteiger partial charge in [0.1, 0.15) is 40.4 Å². The Hall–Kier alpha value is -10.1. The number of carbonyl (C=O) groups is 14. The van der Waals surface area contributed by atoms with Gasteiger partial charge < -0.3 is 94.9 Å². The van der Waals surface area contributed by atoms with Gasteiger partial charge in [-0.25, -0.2) is 22.8 Å². The van der Waals surface area contributed by atoms with Gasteiger partial charge in [-0.2, -0.15) is 0 Å². The predicted molar refractivity (Wildman–Crippen MR) is 472 cm³/mol. The number of amides is 11. The van der Waals surface area contributed by atoms with Crippen LogP contribution < -0.4 is 66.0 Å². The molecular formula is C87H120N12O25S3. The fraction of sp³-hybridized carbons (Fsp3) is 0.586. The lowest BCUT2D eigenvalue weighted by molar-refractivity contribution is -0.131. The minimum Gasteiger partial charge on any atom is -0.493 e. The first kappa shape index (κ1) is 101. The molecular weight excluding hydrogens is 1710 g/mol. The van der Waals surface area contributed by atoms with Crippen LogP contribution in [0.1, 0.15) is 156 Å². The molecule has 10 rings (SSSR count). The van der Waals surface area contributed by atoms with E-state index in [1.807, 2.05) is 13.0 Å². The Morgan fingerprint density at radius 2 is 1.24 bits per heavy atom. The molecule has 1 saturated heterocycles. The number of nitrogens with zero attached hydrogens (tertiary/aromatic N) is 4. The smallest absolute Gasteiger partial charge is 0.416 e. The SMILES string of the molecule is COCCOCCC(=O)CCCCCC1NC(=O)C(C)CC(=O)CNC(=O)C2SCSC2C(=O)NCCNC(=O)C(C)CC(=O)C(CCCCNC(=O)CCOCCOC)NC(=O)CNS(=O)(=O)CC(=O)N2CC3C=C(C)CN3C(=O)c3cc(C)c(cc32)OCCCCCOc2cc3c(cc2OC)C(=O)N2CC(C)=CC2C(O)N3C(=O)OCc2ccc(cc2)NC1=O. The van der Waals surface area contributed by atoms with Crippen molar-refractivity contribution in [1.82, 2.24) is 46.4 Å². The number of anilines is 3. The maximum Gasteiger partial charge on any atom is 0.416 e. The van der Waals surface area contributed by atoms with E-state index in [9.17, 15) is 80.6 Å². The van der Waals surface area contributed by atoms with E-state index < -0.39 is 159 Å². The number of benzene rings is 3. The Balaban J connectivity index is 0.918. The van der Waals surface area contributed by atoms with Crippen LogP contribution in [0.3, 0.4) is 0 Å². The first-order valence-corrected chi connectivity index (χ1v) is 46.6. The average Bonchev–Trinajstić information content (AvgIpc) is 1.61. The number of hydrogen-bond acceptors (Lipinski definition) is 27. The molecule has 6 bridgehead atoms. The number of sulfonamides is 1. The van der Waals surface area contributed by atoms with E-state index in [0.717, 1.165) is 16.0 Å². The van der Waals surface area contributed by atoms with Crippen LogP contribution in [0.4, 0.5) is 21.9 Å². The van der Waals surface area contributed by atoms with E-state index in [-0.39, 0.29) is 163 Å². The summed E-state index contributed by atoms with van der Waals surface area (Å²) in [5.74, 6) is -9.75. The molecule has 0 saturated carbocycles. The zero-order valence-corrected chi connectivity index (χ0v) is 75.7. The van der Waals surface area contributed by atoms with Gasteiger partial charge in [0.25, 0.3) is 11.8 Å². The first-order valence-electron chi connectivity index (χ1n) is 42.9. The Morgan fingerprint density at radius 3 is 1.94 bits per heavy atom. The molecule has 0 spiro atoms. The number of methoxy groups -OCH3 is 3. The number of fused-ring (bicyclic) bond motifs is 38. The summed E-state index contributed by atoms with van der Waals surface area (Å²) < 4.78 is 75.2. The third-order valence-corrected chi connectivity index (χ3v) is 26.2. The Morgan fingerprint density at radius 1 is 0.614 bits per heavy atom. The van der Waals surface area contributed by atoms with Crippen molar-refractivity contribution >= 4 is 133 Å². The summed E-state index contributed by atoms with van der Waals surface area (Å²) >= 11 is 2.37. The topological polar surface area (TPSA) is 476 Å². The number of aliphatic hydroxyl groups excluding tert-OH is 1. The molecule has 40 heteroatoms. The van der Waals surface area contributed by atoms with E-state index in [1.165, 1.54) is 79.6 Å². The second-order valence-electron chi connectivity index (χ2n) is 32.2. The van der Waals surface area contributed by atoms with Gasteiger partial charge in [-0.1, -0.05) is 62.1 Å². The summed E-state index contributed by atoms with van der Waals surface area (Å²) in [6, 6.07) is 8.25. The van der Waals surface area contributed by atoms with Crippen LogP contribution in [0, 0.1) is 18.8 Å². The molecule has 696 valence electrons. The fourth-order valence-corrected chi connectivity index (χ4v) is 19.1. The number of nitrogens with one attached hydrogen (secondary N) is 8. The molecule has 3 aromatic carbocycles. The van der Waals surface area contributed by atoms with Crippen molar-refractivity contribution in [2.24, 2.45) is 11.8 Å². The van der Waals surface area contributed by atoms with Crippen molar-refractivity contribution in [3.8, 4) is 17.2 Å². The number of unbranched alkanes of at least 4 members (excludes halogenated alkanes) is 3. The quantitative estimate of drug-likeness (QED) is 0.0441. The monoisotopic (exact) mass is 1830 g/mol. The highest BCUT2D eigenvalue weighted by Crippen LogP contribution is 2.43. The number of aryl methyl sites for hydroxylation is 1. The third-order valence-electron chi connectivity index (χ3n) is 22.0. The summed E-state index contributed by atoms with van der Waals surface area (Å²) in [4.78, 5) is 199. The molecule has 7 aliphatic rings. The Labute approximate surface area is 748 Å². The molecule has 0 aromatic heterocycles. The number of aliphatic hydroxyl groups is 1. The van der Waals surface area contributed by atoms with E-state index in [1.54, 1.807) is 62.3 Å². The molecule has 3 aromatic rings. The first-order chi connectivity index (χ1) is 60.9. The molecule has 127 heavy (non-hydrogen) atoms. The average molecular weight is 1830 g/mol. The molecule has 37 nitrogen and oxygen atoms in total. The van der Waals surface area contributed by atoms with Gasteiger partial charge in [0.15, 0.2) is 29.3 Å². The maximum atomic E-state index is 14.6. The highest BCUT2D eigenvalue weighted by Gasteiger charge is 2.46. The van der Waals surface area contributed by atoms with Gasteiger partial charge in [-0.3, -0.25) is 62.3 Å². The van der Waals surface area contributed by atoms with Crippen LogP contribution in [-0.4, -0.2) is 284 Å². The normalized spacial score (nSPS) is 23.5. The molecule has 7 heterocycles. The van der Waals surface area contributed by atoms with Crippen molar-refractivity contribution < 1.29 is 119 Å². The number of ether oxygens (including phenoxy) is 8.